The van der Waals surface area contributed by atoms with Gasteiger partial charge in [0.25, 0.3) is 0 Å². The van der Waals surface area contributed by atoms with Gasteiger partial charge in [-0.1, -0.05) is 35.9 Å². The highest BCUT2D eigenvalue weighted by atomic mass is 35.5. The number of carbonyl (C=O) groups is 1. The summed E-state index contributed by atoms with van der Waals surface area (Å²) in [6.07, 6.45) is -3.33. The largest absolute Gasteiger partial charge is 0.457 e. The van der Waals surface area contributed by atoms with Crippen LogP contribution in [-0.2, 0) is 16.2 Å². The second-order valence-corrected chi connectivity index (χ2v) is 12.7. The zero-order valence-corrected chi connectivity index (χ0v) is 24.3. The number of nitrogens with zero attached hydrogens (tertiary/aromatic N) is 3. The molecule has 2 saturated heterocycles. The molecule has 0 bridgehead atoms. The molecule has 13 heteroatoms. The minimum atomic E-state index is -4.51. The van der Waals surface area contributed by atoms with Crippen molar-refractivity contribution in [1.29, 1.82) is 0 Å². The van der Waals surface area contributed by atoms with Gasteiger partial charge < -0.3 is 15.0 Å². The lowest BCUT2D eigenvalue weighted by Crippen LogP contribution is -2.51. The predicted molar refractivity (Wildman–Crippen MR) is 153 cm³/mol. The van der Waals surface area contributed by atoms with Crippen LogP contribution >= 0.6 is 11.6 Å². The van der Waals surface area contributed by atoms with Gasteiger partial charge in [0, 0.05) is 44.3 Å². The highest BCUT2D eigenvalue weighted by molar-refractivity contribution is 7.88. The number of hydrogen-bond donors (Lipinski definition) is 1. The maximum atomic E-state index is 13.4. The summed E-state index contributed by atoms with van der Waals surface area (Å²) in [4.78, 5) is 16.7. The average Bonchev–Trinajstić information content (AvgIpc) is 3.32. The number of piperazine rings is 1. The number of hydrogen-bond acceptors (Lipinski definition) is 5. The first-order valence-electron chi connectivity index (χ1n) is 13.3. The van der Waals surface area contributed by atoms with Gasteiger partial charge in [-0.05, 0) is 59.7 Å². The first-order chi connectivity index (χ1) is 19.9. The van der Waals surface area contributed by atoms with Gasteiger partial charge in [-0.3, -0.25) is 4.90 Å². The van der Waals surface area contributed by atoms with Crippen molar-refractivity contribution in [3.05, 3.63) is 94.5 Å². The van der Waals surface area contributed by atoms with E-state index >= 15 is 0 Å². The number of urea groups is 1. The van der Waals surface area contributed by atoms with Crippen molar-refractivity contribution in [1.82, 2.24) is 19.4 Å². The molecule has 8 nitrogen and oxygen atoms in total. The number of benzene rings is 3. The predicted octanol–water partition coefficient (Wildman–Crippen LogP) is 5.54. The van der Waals surface area contributed by atoms with E-state index in [0.717, 1.165) is 17.7 Å². The second kappa shape index (κ2) is 12.1. The Morgan fingerprint density at radius 3 is 2.19 bits per heavy atom. The number of rotatable bonds is 8. The number of sulfonamides is 1. The molecule has 224 valence electrons. The highest BCUT2D eigenvalue weighted by Gasteiger charge is 2.38. The van der Waals surface area contributed by atoms with E-state index in [0.29, 0.717) is 35.2 Å². The smallest absolute Gasteiger partial charge is 0.416 e. The van der Waals surface area contributed by atoms with Crippen molar-refractivity contribution in [3.8, 4) is 11.5 Å². The van der Waals surface area contributed by atoms with Crippen LogP contribution in [0.15, 0.2) is 72.8 Å². The van der Waals surface area contributed by atoms with Crippen LogP contribution in [0.25, 0.3) is 0 Å². The molecule has 2 atom stereocenters. The van der Waals surface area contributed by atoms with Crippen LogP contribution in [0.4, 0.5) is 18.0 Å². The van der Waals surface area contributed by atoms with Crippen molar-refractivity contribution >= 4 is 27.7 Å². The molecule has 1 N–H and O–H groups in total. The molecule has 0 aliphatic carbocycles. The van der Waals surface area contributed by atoms with Gasteiger partial charge in [-0.2, -0.15) is 17.5 Å². The quantitative estimate of drug-likeness (QED) is 0.357. The average molecular weight is 623 g/mol. The third-order valence-corrected chi connectivity index (χ3v) is 9.10. The number of ether oxygens (including phenoxy) is 1. The van der Waals surface area contributed by atoms with Crippen LogP contribution in [0.3, 0.4) is 0 Å². The molecule has 5 rings (SSSR count). The van der Waals surface area contributed by atoms with Gasteiger partial charge in [0.05, 0.1) is 23.9 Å². The molecule has 2 amide bonds. The van der Waals surface area contributed by atoms with Crippen LogP contribution in [0.1, 0.15) is 28.8 Å². The Kier molecular flexibility index (Phi) is 8.70. The van der Waals surface area contributed by atoms with Crippen LogP contribution in [0, 0.1) is 0 Å². The third kappa shape index (κ3) is 7.00. The summed E-state index contributed by atoms with van der Waals surface area (Å²) < 4.78 is 71.9. The summed E-state index contributed by atoms with van der Waals surface area (Å²) >= 11 is 5.96. The van der Waals surface area contributed by atoms with E-state index in [-0.39, 0.29) is 38.3 Å². The summed E-state index contributed by atoms with van der Waals surface area (Å²) in [5.74, 6) is 1.20. The number of nitrogens with one attached hydrogen (secondary N) is 1. The standard InChI is InChI=1S/C29H30ClF3N4O4S/c1-42(39,40)36-15-13-35(14-16-36)27(20-5-9-24(10-6-20)41-25-11-7-23(30)8-12-25)19-37-26(18-34-28(37)38)21-3-2-4-22(17-21)29(31,32)33/h2-12,17,26-27H,13-16,18-19H2,1H3,(H,34,38). The van der Waals surface area contributed by atoms with E-state index < -0.39 is 27.8 Å². The van der Waals surface area contributed by atoms with Crippen molar-refractivity contribution < 1.29 is 31.1 Å². The minimum absolute atomic E-state index is 0.169. The normalized spacial score (nSPS) is 19.5. The van der Waals surface area contributed by atoms with Crippen molar-refractivity contribution in [3.63, 3.8) is 0 Å². The fraction of sp³-hybridized carbons (Fsp3) is 0.345. The van der Waals surface area contributed by atoms with E-state index in [1.54, 1.807) is 47.4 Å². The number of amides is 2. The highest BCUT2D eigenvalue weighted by Crippen LogP contribution is 2.35. The Labute approximate surface area is 247 Å². The lowest BCUT2D eigenvalue weighted by atomic mass is 10.00. The molecule has 0 saturated carbocycles. The number of alkyl halides is 3. The van der Waals surface area contributed by atoms with E-state index in [4.69, 9.17) is 16.3 Å². The van der Waals surface area contributed by atoms with Crippen LogP contribution in [-0.4, -0.2) is 74.1 Å². The molecule has 2 heterocycles. The summed E-state index contributed by atoms with van der Waals surface area (Å²) in [6.45, 7) is 1.77. The van der Waals surface area contributed by atoms with Gasteiger partial charge in [-0.25, -0.2) is 13.2 Å². The van der Waals surface area contributed by atoms with Crippen molar-refractivity contribution in [2.75, 3.05) is 45.5 Å². The van der Waals surface area contributed by atoms with Gasteiger partial charge in [0.2, 0.25) is 10.0 Å². The van der Waals surface area contributed by atoms with Gasteiger partial charge in [0.15, 0.2) is 0 Å². The Morgan fingerprint density at radius 1 is 0.976 bits per heavy atom. The van der Waals surface area contributed by atoms with Crippen LogP contribution in [0.5, 0.6) is 11.5 Å². The topological polar surface area (TPSA) is 82.2 Å². The molecule has 2 unspecified atom stereocenters. The Morgan fingerprint density at radius 2 is 1.60 bits per heavy atom. The molecule has 0 aromatic heterocycles. The molecule has 2 fully saturated rings. The monoisotopic (exact) mass is 622 g/mol. The lowest BCUT2D eigenvalue weighted by Gasteiger charge is -2.40. The SMILES string of the molecule is CS(=O)(=O)N1CCN(C(CN2C(=O)NCC2c2cccc(C(F)(F)F)c2)c2ccc(Oc3ccc(Cl)cc3)cc2)CC1. The maximum Gasteiger partial charge on any atom is 0.416 e. The molecule has 2 aliphatic rings. The van der Waals surface area contributed by atoms with E-state index in [1.165, 1.54) is 16.6 Å². The number of carbonyl (C=O) groups excluding carboxylic acids is 1. The van der Waals surface area contributed by atoms with Gasteiger partial charge in [0.1, 0.15) is 11.5 Å². The molecular weight excluding hydrogens is 593 g/mol. The third-order valence-electron chi connectivity index (χ3n) is 7.55. The van der Waals surface area contributed by atoms with Crippen LogP contribution in [0.2, 0.25) is 5.02 Å². The molecular formula is C29H30ClF3N4O4S. The zero-order chi connectivity index (χ0) is 30.1. The summed E-state index contributed by atoms with van der Waals surface area (Å²) in [6, 6.07) is 18.0. The summed E-state index contributed by atoms with van der Waals surface area (Å²) in [5.41, 5.74) is 0.466. The number of halogens is 4. The maximum absolute atomic E-state index is 13.4. The first kappa shape index (κ1) is 30.1. The second-order valence-electron chi connectivity index (χ2n) is 10.3. The lowest BCUT2D eigenvalue weighted by molar-refractivity contribution is -0.137. The molecule has 3 aromatic carbocycles. The van der Waals surface area contributed by atoms with Gasteiger partial charge in [-0.15, -0.1) is 0 Å². The summed E-state index contributed by atoms with van der Waals surface area (Å²) in [5, 5.41) is 3.36. The van der Waals surface area contributed by atoms with Crippen molar-refractivity contribution in [2.24, 2.45) is 0 Å². The van der Waals surface area contributed by atoms with Gasteiger partial charge >= 0.3 is 12.2 Å². The van der Waals surface area contributed by atoms with E-state index in [2.05, 4.69) is 10.2 Å². The van der Waals surface area contributed by atoms with E-state index in [1.807, 2.05) is 12.1 Å². The Bertz CT molecular complexity index is 1510. The summed E-state index contributed by atoms with van der Waals surface area (Å²) in [7, 11) is -3.35. The molecule has 0 radical (unpaired) electrons. The Balaban J connectivity index is 1.41. The van der Waals surface area contributed by atoms with E-state index in [9.17, 15) is 26.4 Å². The molecule has 3 aromatic rings. The minimum Gasteiger partial charge on any atom is -0.457 e. The zero-order valence-electron chi connectivity index (χ0n) is 22.7. The fourth-order valence-corrected chi connectivity index (χ4v) is 6.28. The van der Waals surface area contributed by atoms with Crippen molar-refractivity contribution in [2.45, 2.75) is 18.3 Å². The molecule has 0 spiro atoms. The fourth-order valence-electron chi connectivity index (χ4n) is 5.33. The van der Waals surface area contributed by atoms with Crippen LogP contribution < -0.4 is 10.1 Å². The first-order valence-corrected chi connectivity index (χ1v) is 15.6. The Hall–Kier alpha value is -3.32. The molecule has 42 heavy (non-hydrogen) atoms. The molecule has 2 aliphatic heterocycles.